The number of hydrogen-bond donors (Lipinski definition) is 4. The van der Waals surface area contributed by atoms with Gasteiger partial charge in [0.25, 0.3) is 0 Å². The van der Waals surface area contributed by atoms with E-state index in [2.05, 4.69) is 16.0 Å². The Bertz CT molecular complexity index is 2030. The lowest BCUT2D eigenvalue weighted by atomic mass is 9.89. The third-order valence-corrected chi connectivity index (χ3v) is 14.3. The van der Waals surface area contributed by atoms with Gasteiger partial charge >= 0.3 is 6.09 Å². The Morgan fingerprint density at radius 3 is 2.13 bits per heavy atom. The summed E-state index contributed by atoms with van der Waals surface area (Å²) >= 11 is 0. The lowest BCUT2D eigenvalue weighted by molar-refractivity contribution is -0.148. The van der Waals surface area contributed by atoms with Gasteiger partial charge in [0, 0.05) is 52.5 Å². The molecule has 6 amide bonds. The number of hydrogen-bond acceptors (Lipinski definition) is 10. The second-order valence-electron chi connectivity index (χ2n) is 20.5. The molecule has 0 aromatic heterocycles. The van der Waals surface area contributed by atoms with E-state index in [0.717, 1.165) is 24.0 Å². The van der Waals surface area contributed by atoms with Crippen LogP contribution in [0.3, 0.4) is 0 Å². The van der Waals surface area contributed by atoms with E-state index in [-0.39, 0.29) is 66.2 Å². The zero-order chi connectivity index (χ0) is 50.0. The van der Waals surface area contributed by atoms with Crippen LogP contribution in [0, 0.1) is 23.7 Å². The molecule has 2 saturated heterocycles. The van der Waals surface area contributed by atoms with Crippen molar-refractivity contribution in [2.75, 3.05) is 33.1 Å². The van der Waals surface area contributed by atoms with Crippen molar-refractivity contribution < 1.29 is 43.0 Å². The molecule has 1 aliphatic carbocycles. The summed E-state index contributed by atoms with van der Waals surface area (Å²) in [4.78, 5) is 89.7. The Balaban J connectivity index is 1.29. The van der Waals surface area contributed by atoms with Gasteiger partial charge in [-0.25, -0.2) is 4.79 Å². The number of nitrogens with one attached hydrogen (secondary N) is 3. The number of methoxy groups -OCH3 is 2. The molecule has 16 heteroatoms. The molecule has 0 radical (unpaired) electrons. The Kier molecular flexibility index (Phi) is 19.0. The number of ether oxygens (including phenoxy) is 3. The number of benzene rings is 2. The van der Waals surface area contributed by atoms with Crippen LogP contribution in [0.4, 0.5) is 10.5 Å². The molecular formula is C52H79N7O9. The van der Waals surface area contributed by atoms with Gasteiger partial charge in [-0.2, -0.15) is 0 Å². The zero-order valence-electron chi connectivity index (χ0n) is 42.3. The number of rotatable bonds is 21. The number of likely N-dealkylation sites (N-methyl/N-ethyl adjacent to an activating group) is 1. The van der Waals surface area contributed by atoms with Gasteiger partial charge in [-0.3, -0.25) is 28.9 Å². The van der Waals surface area contributed by atoms with E-state index in [9.17, 15) is 28.8 Å². The highest BCUT2D eigenvalue weighted by Gasteiger charge is 2.53. The standard InChI is InChI=1S/C52H79N7O9/c1-12-32(4)44(57(9)50(64)43(31(2)3)56-49(63)45-36-22-25-38(28-36)59(45)51(65)68-52(6,7)8)41(66-10)29-42(60)58-26-16-19-40(58)46(67-11)33(5)47(61)55-39(27-34-17-14-13-15-18-34)48(62)54-37-23-20-35(30-53)21-24-37/h13-15,17-18,20-21,23-24,31-33,36,38-41,43-46H,12,16,19,22,25-30,53H2,1-11H3,(H,54,62)(H,55,61)(H,56,63)/t32-,33+,36-,38+,39?,40?,41+,43?,44-,45-,46+/m0/s1. The van der Waals surface area contributed by atoms with Crippen molar-refractivity contribution in [3.63, 3.8) is 0 Å². The molecule has 68 heavy (non-hydrogen) atoms. The van der Waals surface area contributed by atoms with Crippen LogP contribution in [0.15, 0.2) is 54.6 Å². The number of carbonyl (C=O) groups is 6. The maximum Gasteiger partial charge on any atom is 0.411 e. The molecule has 2 aromatic rings. The summed E-state index contributed by atoms with van der Waals surface area (Å²) in [5, 5.41) is 8.97. The van der Waals surface area contributed by atoms with Crippen LogP contribution in [-0.2, 0) is 51.1 Å². The minimum Gasteiger partial charge on any atom is -0.444 e. The minimum absolute atomic E-state index is 0.0246. The second kappa shape index (κ2) is 24.0. The molecule has 376 valence electrons. The molecule has 2 aliphatic heterocycles. The van der Waals surface area contributed by atoms with Crippen LogP contribution >= 0.6 is 0 Å². The number of carbonyl (C=O) groups excluding carboxylic acids is 6. The first-order chi connectivity index (χ1) is 32.2. The molecule has 2 heterocycles. The minimum atomic E-state index is -0.911. The normalized spacial score (nSPS) is 22.1. The van der Waals surface area contributed by atoms with Gasteiger partial charge in [-0.15, -0.1) is 0 Å². The monoisotopic (exact) mass is 946 g/mol. The fourth-order valence-electron chi connectivity index (χ4n) is 10.5. The molecule has 16 nitrogen and oxygen atoms in total. The first-order valence-electron chi connectivity index (χ1n) is 24.6. The van der Waals surface area contributed by atoms with Crippen LogP contribution in [0.1, 0.15) is 111 Å². The highest BCUT2D eigenvalue weighted by molar-refractivity contribution is 5.98. The smallest absolute Gasteiger partial charge is 0.411 e. The second-order valence-corrected chi connectivity index (χ2v) is 20.5. The molecule has 11 atom stereocenters. The maximum atomic E-state index is 14.6. The molecule has 2 aromatic carbocycles. The van der Waals surface area contributed by atoms with Crippen LogP contribution in [-0.4, -0.2) is 132 Å². The molecule has 3 unspecified atom stereocenters. The first-order valence-corrected chi connectivity index (χ1v) is 24.6. The van der Waals surface area contributed by atoms with Crippen molar-refractivity contribution in [1.82, 2.24) is 25.3 Å². The summed E-state index contributed by atoms with van der Waals surface area (Å²) < 4.78 is 17.9. The predicted octanol–water partition coefficient (Wildman–Crippen LogP) is 5.66. The van der Waals surface area contributed by atoms with E-state index in [1.54, 1.807) is 61.6 Å². The van der Waals surface area contributed by atoms with Gasteiger partial charge in [-0.1, -0.05) is 83.5 Å². The van der Waals surface area contributed by atoms with Crippen molar-refractivity contribution in [2.45, 2.75) is 167 Å². The van der Waals surface area contributed by atoms with Crippen LogP contribution in [0.25, 0.3) is 0 Å². The number of nitrogens with zero attached hydrogens (tertiary/aromatic N) is 3. The molecule has 0 spiro atoms. The van der Waals surface area contributed by atoms with Crippen molar-refractivity contribution in [3.05, 3.63) is 65.7 Å². The largest absolute Gasteiger partial charge is 0.444 e. The Hall–Kier alpha value is -5.06. The molecule has 2 bridgehead atoms. The number of anilines is 1. The molecule has 3 fully saturated rings. The number of piperidine rings is 1. The lowest BCUT2D eigenvalue weighted by Gasteiger charge is -2.41. The van der Waals surface area contributed by atoms with Gasteiger partial charge in [-0.05, 0) is 93.9 Å². The van der Waals surface area contributed by atoms with E-state index in [0.29, 0.717) is 44.5 Å². The number of fused-ring (bicyclic) bond motifs is 2. The summed E-state index contributed by atoms with van der Waals surface area (Å²) in [6, 6.07) is 13.1. The molecule has 1 saturated carbocycles. The quantitative estimate of drug-likeness (QED) is 0.121. The molecule has 5 N–H and O–H groups in total. The SMILES string of the molecule is CC[C@H](C)[C@@H]([C@@H](CC(=O)N1CCCC1[C@H](OC)[C@@H](C)C(=O)NC(Cc1ccccc1)C(=O)Nc1ccc(CN)cc1)OC)N(C)C(=O)C(NC(=O)[C@@H]1[C@H]2CC[C@H](C2)N1C(=O)OC(C)(C)C)C(C)C. The molecule has 3 aliphatic rings. The molecular weight excluding hydrogens is 867 g/mol. The average molecular weight is 946 g/mol. The van der Waals surface area contributed by atoms with E-state index in [1.807, 2.05) is 70.2 Å². The van der Waals surface area contributed by atoms with E-state index in [4.69, 9.17) is 19.9 Å². The summed E-state index contributed by atoms with van der Waals surface area (Å²) in [6.07, 6.45) is 2.59. The van der Waals surface area contributed by atoms with Crippen LogP contribution in [0.2, 0.25) is 0 Å². The highest BCUT2D eigenvalue weighted by atomic mass is 16.6. The average Bonchev–Trinajstić information content (AvgIpc) is 4.08. The topological polar surface area (TPSA) is 202 Å². The van der Waals surface area contributed by atoms with Gasteiger partial charge in [0.05, 0.1) is 36.6 Å². The highest BCUT2D eigenvalue weighted by Crippen LogP contribution is 2.43. The fourth-order valence-corrected chi connectivity index (χ4v) is 10.5. The third-order valence-electron chi connectivity index (χ3n) is 14.3. The van der Waals surface area contributed by atoms with E-state index >= 15 is 0 Å². The zero-order valence-corrected chi connectivity index (χ0v) is 42.3. The predicted molar refractivity (Wildman–Crippen MR) is 261 cm³/mol. The lowest BCUT2D eigenvalue weighted by Crippen LogP contribution is -2.61. The van der Waals surface area contributed by atoms with Crippen molar-refractivity contribution >= 4 is 41.3 Å². The summed E-state index contributed by atoms with van der Waals surface area (Å²) in [6.45, 7) is 15.8. The fraction of sp³-hybridized carbons (Fsp3) is 0.654. The van der Waals surface area contributed by atoms with Crippen LogP contribution in [0.5, 0.6) is 0 Å². The Labute approximate surface area is 404 Å². The third kappa shape index (κ3) is 13.2. The maximum absolute atomic E-state index is 14.6. The van der Waals surface area contributed by atoms with E-state index < -0.39 is 60.0 Å². The summed E-state index contributed by atoms with van der Waals surface area (Å²) in [7, 11) is 4.77. The summed E-state index contributed by atoms with van der Waals surface area (Å²) in [5.74, 6) is -2.82. The van der Waals surface area contributed by atoms with Crippen LogP contribution < -0.4 is 21.7 Å². The first kappa shape index (κ1) is 53.9. The van der Waals surface area contributed by atoms with Gasteiger partial charge in [0.2, 0.25) is 29.5 Å². The number of amides is 6. The number of likely N-dealkylation sites (tertiary alicyclic amines) is 2. The van der Waals surface area contributed by atoms with Gasteiger partial charge in [0.15, 0.2) is 0 Å². The Morgan fingerprint density at radius 2 is 1.54 bits per heavy atom. The van der Waals surface area contributed by atoms with Crippen molar-refractivity contribution in [3.8, 4) is 0 Å². The van der Waals surface area contributed by atoms with Gasteiger partial charge < -0.3 is 45.7 Å². The van der Waals surface area contributed by atoms with E-state index in [1.165, 1.54) is 14.2 Å². The van der Waals surface area contributed by atoms with Gasteiger partial charge in [0.1, 0.15) is 23.7 Å². The van der Waals surface area contributed by atoms with Crippen molar-refractivity contribution in [2.24, 2.45) is 29.4 Å². The summed E-state index contributed by atoms with van der Waals surface area (Å²) in [5.41, 5.74) is 7.41. The Morgan fingerprint density at radius 1 is 0.868 bits per heavy atom. The number of nitrogens with two attached hydrogens (primary N) is 1. The van der Waals surface area contributed by atoms with Crippen molar-refractivity contribution in [1.29, 1.82) is 0 Å². The molecule has 5 rings (SSSR count).